The van der Waals surface area contributed by atoms with Gasteiger partial charge < -0.3 is 9.64 Å². The van der Waals surface area contributed by atoms with Gasteiger partial charge in [-0.05, 0) is 20.9 Å². The summed E-state index contributed by atoms with van der Waals surface area (Å²) >= 11 is 0. The molecule has 1 aliphatic heterocycles. The van der Waals surface area contributed by atoms with Crippen LogP contribution in [0.3, 0.4) is 0 Å². The van der Waals surface area contributed by atoms with Gasteiger partial charge in [-0.3, -0.25) is 4.79 Å². The Kier molecular flexibility index (Phi) is 7.30. The van der Waals surface area contributed by atoms with Crippen molar-refractivity contribution in [2.75, 3.05) is 26.7 Å². The lowest BCUT2D eigenvalue weighted by atomic mass is 10.0. The molecule has 0 unspecified atom stereocenters. The maximum atomic E-state index is 9.18. The van der Waals surface area contributed by atoms with Crippen molar-refractivity contribution < 1.29 is 9.53 Å². The van der Waals surface area contributed by atoms with Gasteiger partial charge in [-0.1, -0.05) is 12.2 Å². The zero-order valence-corrected chi connectivity index (χ0v) is 8.69. The van der Waals surface area contributed by atoms with Crippen LogP contribution < -0.4 is 0 Å². The molecule has 0 saturated carbocycles. The highest BCUT2D eigenvalue weighted by molar-refractivity contribution is 5.36. The fraction of sp³-hybridized carbons (Fsp3) is 0.700. The zero-order valence-electron chi connectivity index (χ0n) is 8.69. The SMILES string of the molecule is C/C=C/C1CN(C)C1.CCOC=O. The van der Waals surface area contributed by atoms with Gasteiger partial charge in [-0.15, -0.1) is 0 Å². The predicted molar refractivity (Wildman–Crippen MR) is 53.5 cm³/mol. The lowest BCUT2D eigenvalue weighted by molar-refractivity contribution is -0.128. The summed E-state index contributed by atoms with van der Waals surface area (Å²) in [6.07, 6.45) is 4.41. The summed E-state index contributed by atoms with van der Waals surface area (Å²) in [5.41, 5.74) is 0. The van der Waals surface area contributed by atoms with Crippen molar-refractivity contribution >= 4 is 6.47 Å². The monoisotopic (exact) mass is 185 g/mol. The molecule has 0 radical (unpaired) electrons. The zero-order chi connectivity index (χ0) is 10.1. The second-order valence-electron chi connectivity index (χ2n) is 3.06. The molecule has 0 aliphatic carbocycles. The lowest BCUT2D eigenvalue weighted by Gasteiger charge is -2.33. The molecule has 0 spiro atoms. The fourth-order valence-electron chi connectivity index (χ4n) is 1.21. The second-order valence-corrected chi connectivity index (χ2v) is 3.06. The maximum Gasteiger partial charge on any atom is 0.293 e. The smallest absolute Gasteiger partial charge is 0.293 e. The molecule has 13 heavy (non-hydrogen) atoms. The van der Waals surface area contributed by atoms with Crippen LogP contribution in [0.5, 0.6) is 0 Å². The van der Waals surface area contributed by atoms with E-state index in [9.17, 15) is 4.79 Å². The topological polar surface area (TPSA) is 29.5 Å². The van der Waals surface area contributed by atoms with Crippen LogP contribution in [0.15, 0.2) is 12.2 Å². The molecule has 1 aliphatic rings. The highest BCUT2D eigenvalue weighted by atomic mass is 16.5. The van der Waals surface area contributed by atoms with Crippen LogP contribution in [0, 0.1) is 5.92 Å². The Balaban J connectivity index is 0.000000252. The fourth-order valence-corrected chi connectivity index (χ4v) is 1.21. The van der Waals surface area contributed by atoms with E-state index in [1.807, 2.05) is 0 Å². The van der Waals surface area contributed by atoms with E-state index in [4.69, 9.17) is 0 Å². The summed E-state index contributed by atoms with van der Waals surface area (Å²) in [6, 6.07) is 0. The van der Waals surface area contributed by atoms with Crippen LogP contribution in [0.4, 0.5) is 0 Å². The average molecular weight is 185 g/mol. The molecule has 0 aromatic carbocycles. The third-order valence-corrected chi connectivity index (χ3v) is 1.79. The molecule has 76 valence electrons. The molecule has 0 aromatic heterocycles. The standard InChI is InChI=1S/C7H13N.C3H6O2/c1-3-4-7-5-8(2)6-7;1-2-5-3-4/h3-4,7H,5-6H2,1-2H3;3H,2H2,1H3/b4-3+;. The van der Waals surface area contributed by atoms with Gasteiger partial charge in [0.1, 0.15) is 0 Å². The Morgan fingerprint density at radius 2 is 2.15 bits per heavy atom. The van der Waals surface area contributed by atoms with E-state index in [1.54, 1.807) is 6.92 Å². The Morgan fingerprint density at radius 1 is 1.54 bits per heavy atom. The van der Waals surface area contributed by atoms with E-state index < -0.39 is 0 Å². The largest absolute Gasteiger partial charge is 0.468 e. The summed E-state index contributed by atoms with van der Waals surface area (Å²) < 4.78 is 4.15. The highest BCUT2D eigenvalue weighted by Crippen LogP contribution is 2.12. The van der Waals surface area contributed by atoms with Gasteiger partial charge in [0.2, 0.25) is 0 Å². The number of allylic oxidation sites excluding steroid dienone is 1. The molecular formula is C10H19NO2. The van der Waals surface area contributed by atoms with Crippen LogP contribution in [0.1, 0.15) is 13.8 Å². The number of nitrogens with zero attached hydrogens (tertiary/aromatic N) is 1. The van der Waals surface area contributed by atoms with Gasteiger partial charge >= 0.3 is 0 Å². The van der Waals surface area contributed by atoms with Gasteiger partial charge in [0, 0.05) is 19.0 Å². The first-order valence-corrected chi connectivity index (χ1v) is 4.61. The number of carbonyl (C=O) groups excluding carboxylic acids is 1. The first-order chi connectivity index (χ1) is 6.24. The predicted octanol–water partition coefficient (Wildman–Crippen LogP) is 1.30. The van der Waals surface area contributed by atoms with Gasteiger partial charge in [0.25, 0.3) is 6.47 Å². The van der Waals surface area contributed by atoms with Crippen molar-refractivity contribution in [2.24, 2.45) is 5.92 Å². The molecule has 0 bridgehead atoms. The Bertz CT molecular complexity index is 151. The van der Waals surface area contributed by atoms with Crippen LogP contribution in [0.2, 0.25) is 0 Å². The molecule has 0 amide bonds. The first-order valence-electron chi connectivity index (χ1n) is 4.61. The molecule has 1 rings (SSSR count). The average Bonchev–Trinajstić information content (AvgIpc) is 2.05. The Morgan fingerprint density at radius 3 is 2.38 bits per heavy atom. The highest BCUT2D eigenvalue weighted by Gasteiger charge is 2.18. The second kappa shape index (κ2) is 7.80. The minimum Gasteiger partial charge on any atom is -0.468 e. The number of rotatable bonds is 3. The van der Waals surface area contributed by atoms with Gasteiger partial charge in [0.15, 0.2) is 0 Å². The summed E-state index contributed by atoms with van der Waals surface area (Å²) in [7, 11) is 2.15. The van der Waals surface area contributed by atoms with Gasteiger partial charge in [-0.2, -0.15) is 0 Å². The normalized spacial score (nSPS) is 17.5. The van der Waals surface area contributed by atoms with Crippen LogP contribution >= 0.6 is 0 Å². The van der Waals surface area contributed by atoms with E-state index in [1.165, 1.54) is 13.1 Å². The van der Waals surface area contributed by atoms with Crippen molar-refractivity contribution in [1.29, 1.82) is 0 Å². The van der Waals surface area contributed by atoms with Crippen molar-refractivity contribution in [1.82, 2.24) is 4.90 Å². The minimum atomic E-state index is 0.431. The van der Waals surface area contributed by atoms with Crippen LogP contribution in [-0.2, 0) is 9.53 Å². The molecule has 3 nitrogen and oxygen atoms in total. The van der Waals surface area contributed by atoms with Gasteiger partial charge in [-0.25, -0.2) is 0 Å². The third kappa shape index (κ3) is 6.34. The van der Waals surface area contributed by atoms with Crippen LogP contribution in [-0.4, -0.2) is 38.1 Å². The quantitative estimate of drug-likeness (QED) is 0.490. The number of ether oxygens (including phenoxy) is 1. The number of carbonyl (C=O) groups is 1. The van der Waals surface area contributed by atoms with E-state index in [-0.39, 0.29) is 0 Å². The Hall–Kier alpha value is -0.830. The summed E-state index contributed by atoms with van der Waals surface area (Å²) in [6.45, 7) is 7.25. The van der Waals surface area contributed by atoms with Gasteiger partial charge in [0.05, 0.1) is 6.61 Å². The van der Waals surface area contributed by atoms with E-state index in [0.717, 1.165) is 5.92 Å². The molecule has 1 heterocycles. The van der Waals surface area contributed by atoms with Crippen molar-refractivity contribution in [2.45, 2.75) is 13.8 Å². The molecule has 1 saturated heterocycles. The van der Waals surface area contributed by atoms with Crippen molar-refractivity contribution in [3.63, 3.8) is 0 Å². The minimum absolute atomic E-state index is 0.431. The van der Waals surface area contributed by atoms with Crippen molar-refractivity contribution in [3.8, 4) is 0 Å². The molecule has 3 heteroatoms. The lowest BCUT2D eigenvalue weighted by Crippen LogP contribution is -2.42. The molecule has 0 atom stereocenters. The molecular weight excluding hydrogens is 166 g/mol. The molecule has 0 aromatic rings. The summed E-state index contributed by atoms with van der Waals surface area (Å²) in [5.74, 6) is 0.852. The van der Waals surface area contributed by atoms with E-state index in [2.05, 4.69) is 35.8 Å². The summed E-state index contributed by atoms with van der Waals surface area (Å²) in [5, 5.41) is 0. The summed E-state index contributed by atoms with van der Waals surface area (Å²) in [4.78, 5) is 11.5. The van der Waals surface area contributed by atoms with E-state index >= 15 is 0 Å². The van der Waals surface area contributed by atoms with Crippen molar-refractivity contribution in [3.05, 3.63) is 12.2 Å². The Labute approximate surface area is 80.4 Å². The van der Waals surface area contributed by atoms with Crippen LogP contribution in [0.25, 0.3) is 0 Å². The first kappa shape index (κ1) is 12.2. The third-order valence-electron chi connectivity index (χ3n) is 1.79. The number of hydrogen-bond donors (Lipinski definition) is 0. The number of likely N-dealkylation sites (tertiary alicyclic amines) is 1. The molecule has 1 fully saturated rings. The molecule has 0 N–H and O–H groups in total. The van der Waals surface area contributed by atoms with E-state index in [0.29, 0.717) is 13.1 Å². The maximum absolute atomic E-state index is 9.18. The number of hydrogen-bond acceptors (Lipinski definition) is 3.